The lowest BCUT2D eigenvalue weighted by molar-refractivity contribution is -0.239. The van der Waals surface area contributed by atoms with Crippen LogP contribution in [0.4, 0.5) is 0 Å². The molecule has 12 atom stereocenters. The maximum absolute atomic E-state index is 14.4. The third-order valence-electron chi connectivity index (χ3n) is 12.2. The minimum Gasteiger partial charge on any atom is -0.472 e. The van der Waals surface area contributed by atoms with E-state index < -0.39 is 125 Å². The van der Waals surface area contributed by atoms with E-state index in [9.17, 15) is 43.8 Å². The van der Waals surface area contributed by atoms with E-state index in [0.29, 0.717) is 12.0 Å². The lowest BCUT2D eigenvalue weighted by Crippen LogP contribution is -2.72. The van der Waals surface area contributed by atoms with Crippen molar-refractivity contribution in [1.29, 1.82) is 0 Å². The van der Waals surface area contributed by atoms with Gasteiger partial charge in [0.25, 0.3) is 6.47 Å². The third kappa shape index (κ3) is 6.93. The zero-order chi connectivity index (χ0) is 40.6. The number of carbonyl (C=O) groups is 7. The molecule has 0 spiro atoms. The Bertz CT molecular complexity index is 1650. The molecule has 0 unspecified atom stereocenters. The van der Waals surface area contributed by atoms with Gasteiger partial charge in [0.05, 0.1) is 37.9 Å². The minimum absolute atomic E-state index is 0.0597. The fourth-order valence-electron chi connectivity index (χ4n) is 9.16. The molecule has 16 nitrogen and oxygen atoms in total. The molecule has 4 rings (SSSR count). The summed E-state index contributed by atoms with van der Waals surface area (Å²) >= 11 is 0. The smallest absolute Gasteiger partial charge is 0.335 e. The summed E-state index contributed by atoms with van der Waals surface area (Å²) in [5.74, 6) is -9.90. The number of fused-ring (bicyclic) bond motifs is 1. The SMILES string of the molecule is C=C1[C@H]([C@@]2(C)[C@@H](OC(C)=O)CC(=O)O[C@](C)(COC(C)=O)[C@@H]2CC(=O)OC)[C@H](OC=O)[C@H](OC(=O)[C@@H](O)[C@@H](C)CC)[C@@]2(C)[C@@H](c3ccoc3)CC(=O)[C@]12O. The summed E-state index contributed by atoms with van der Waals surface area (Å²) in [5, 5.41) is 24.1. The molecule has 1 saturated heterocycles. The van der Waals surface area contributed by atoms with Crippen molar-refractivity contribution in [2.24, 2.45) is 28.6 Å². The largest absolute Gasteiger partial charge is 0.472 e. The van der Waals surface area contributed by atoms with Crippen LogP contribution < -0.4 is 0 Å². The van der Waals surface area contributed by atoms with E-state index in [1.807, 2.05) is 0 Å². The zero-order valence-electron chi connectivity index (χ0n) is 31.8. The predicted octanol–water partition coefficient (Wildman–Crippen LogP) is 2.51. The first-order valence-corrected chi connectivity index (χ1v) is 17.7. The number of hydrogen-bond acceptors (Lipinski definition) is 16. The number of aliphatic hydroxyl groups is 2. The van der Waals surface area contributed by atoms with Crippen LogP contribution in [0.2, 0.25) is 0 Å². The van der Waals surface area contributed by atoms with Crippen LogP contribution in [0.5, 0.6) is 0 Å². The minimum atomic E-state index is -2.60. The van der Waals surface area contributed by atoms with E-state index in [0.717, 1.165) is 21.0 Å². The molecule has 2 saturated carbocycles. The molecule has 16 heteroatoms. The van der Waals surface area contributed by atoms with Gasteiger partial charge in [-0.1, -0.05) is 40.7 Å². The maximum atomic E-state index is 14.4. The molecule has 298 valence electrons. The van der Waals surface area contributed by atoms with Gasteiger partial charge in [-0.3, -0.25) is 28.8 Å². The highest BCUT2D eigenvalue weighted by atomic mass is 16.6. The number of ether oxygens (including phenoxy) is 6. The van der Waals surface area contributed by atoms with Crippen LogP contribution in [0.1, 0.15) is 85.6 Å². The average molecular weight is 763 g/mol. The number of methoxy groups -OCH3 is 1. The molecule has 0 bridgehead atoms. The molecule has 2 N–H and O–H groups in total. The number of Topliss-reactive ketones (excluding diaryl/α,β-unsaturated/α-hetero) is 1. The number of carbonyl (C=O) groups excluding carboxylic acids is 7. The Hall–Kier alpha value is -4.57. The number of cyclic esters (lactones) is 1. The molecule has 54 heavy (non-hydrogen) atoms. The quantitative estimate of drug-likeness (QED) is 0.127. The highest BCUT2D eigenvalue weighted by Gasteiger charge is 2.77. The third-order valence-corrected chi connectivity index (χ3v) is 12.2. The van der Waals surface area contributed by atoms with Crippen LogP contribution in [-0.2, 0) is 62.0 Å². The summed E-state index contributed by atoms with van der Waals surface area (Å²) in [7, 11) is 1.10. The molecule has 2 heterocycles. The second-order valence-electron chi connectivity index (χ2n) is 15.2. The van der Waals surface area contributed by atoms with Crippen LogP contribution >= 0.6 is 0 Å². The van der Waals surface area contributed by atoms with E-state index in [4.69, 9.17) is 32.8 Å². The highest BCUT2D eigenvalue weighted by molar-refractivity contribution is 5.96. The molecule has 0 radical (unpaired) electrons. The first kappa shape index (κ1) is 42.2. The van der Waals surface area contributed by atoms with Crippen molar-refractivity contribution in [2.45, 2.75) is 116 Å². The highest BCUT2D eigenvalue weighted by Crippen LogP contribution is 2.68. The number of aliphatic hydroxyl groups excluding tert-OH is 1. The van der Waals surface area contributed by atoms with Crippen molar-refractivity contribution < 1.29 is 76.6 Å². The fourth-order valence-corrected chi connectivity index (χ4v) is 9.16. The topological polar surface area (TPSA) is 228 Å². The predicted molar refractivity (Wildman–Crippen MR) is 183 cm³/mol. The molecule has 3 aliphatic rings. The van der Waals surface area contributed by atoms with Crippen molar-refractivity contribution in [1.82, 2.24) is 0 Å². The van der Waals surface area contributed by atoms with E-state index >= 15 is 0 Å². The van der Waals surface area contributed by atoms with E-state index in [2.05, 4.69) is 6.58 Å². The summed E-state index contributed by atoms with van der Waals surface area (Å²) in [4.78, 5) is 92.7. The number of hydrogen-bond donors (Lipinski definition) is 2. The van der Waals surface area contributed by atoms with Gasteiger partial charge in [-0.05, 0) is 30.0 Å². The van der Waals surface area contributed by atoms with E-state index in [-0.39, 0.29) is 18.5 Å². The normalized spacial score (nSPS) is 36.1. The van der Waals surface area contributed by atoms with Crippen molar-refractivity contribution in [2.75, 3.05) is 13.7 Å². The summed E-state index contributed by atoms with van der Waals surface area (Å²) in [5.41, 5.74) is -8.16. The molecule has 1 aliphatic heterocycles. The Kier molecular flexibility index (Phi) is 12.2. The average Bonchev–Trinajstić information content (AvgIpc) is 3.70. The van der Waals surface area contributed by atoms with Crippen LogP contribution in [-0.4, -0.2) is 102 Å². The molecule has 3 fully saturated rings. The van der Waals surface area contributed by atoms with Crippen LogP contribution in [0.3, 0.4) is 0 Å². The summed E-state index contributed by atoms with van der Waals surface area (Å²) in [6, 6.07) is 1.56. The van der Waals surface area contributed by atoms with Gasteiger partial charge in [-0.2, -0.15) is 0 Å². The maximum Gasteiger partial charge on any atom is 0.335 e. The second kappa shape index (κ2) is 15.7. The molecule has 1 aromatic rings. The fraction of sp³-hybridized carbons (Fsp3) is 0.658. The lowest BCUT2D eigenvalue weighted by atomic mass is 9.46. The summed E-state index contributed by atoms with van der Waals surface area (Å²) in [6.45, 7) is 13.5. The number of esters is 5. The molecule has 2 aliphatic carbocycles. The molecular formula is C38H50O16. The number of furan rings is 1. The van der Waals surface area contributed by atoms with E-state index in [1.54, 1.807) is 19.9 Å². The van der Waals surface area contributed by atoms with Crippen molar-refractivity contribution in [3.05, 3.63) is 36.3 Å². The van der Waals surface area contributed by atoms with Crippen LogP contribution in [0.25, 0.3) is 0 Å². The van der Waals surface area contributed by atoms with Crippen molar-refractivity contribution >= 4 is 42.1 Å². The van der Waals surface area contributed by atoms with Crippen molar-refractivity contribution in [3.8, 4) is 0 Å². The Labute approximate surface area is 312 Å². The molecular weight excluding hydrogens is 712 g/mol. The first-order chi connectivity index (χ1) is 25.2. The summed E-state index contributed by atoms with van der Waals surface area (Å²) < 4.78 is 39.4. The van der Waals surface area contributed by atoms with Gasteiger partial charge < -0.3 is 43.1 Å². The Morgan fingerprint density at radius 3 is 2.30 bits per heavy atom. The van der Waals surface area contributed by atoms with Gasteiger partial charge in [0.1, 0.15) is 30.5 Å². The van der Waals surface area contributed by atoms with Gasteiger partial charge in [0.15, 0.2) is 17.5 Å². The second-order valence-corrected chi connectivity index (χ2v) is 15.2. The molecule has 0 aromatic carbocycles. The van der Waals surface area contributed by atoms with Gasteiger partial charge >= 0.3 is 29.8 Å². The van der Waals surface area contributed by atoms with Crippen LogP contribution in [0, 0.1) is 28.6 Å². The standard InChI is InChI=1S/C38H50O16/c1-10-19(2)31(45)34(46)53-33-32(51-18-39)30(20(3)38(47)26(42)13-24(37(33,38)8)23-11-12-49-16-23)36(7)25(14-28(43)48-9)35(6,17-50-21(4)40)54-29(44)15-27(36)52-22(5)41/h11-12,16,18-19,24-25,27,30-33,45,47H,3,10,13-15,17H2,1-2,4-9H3/t19-,24+,25-,27-,30-,31-,32-,33-,35+,36+,37+,38+/m0/s1. The Morgan fingerprint density at radius 1 is 1.09 bits per heavy atom. The monoisotopic (exact) mass is 762 g/mol. The number of ketones is 1. The first-order valence-electron chi connectivity index (χ1n) is 17.7. The van der Waals surface area contributed by atoms with Crippen molar-refractivity contribution in [3.63, 3.8) is 0 Å². The Balaban J connectivity index is 2.13. The Morgan fingerprint density at radius 2 is 1.76 bits per heavy atom. The molecule has 0 amide bonds. The summed E-state index contributed by atoms with van der Waals surface area (Å²) in [6.07, 6.45) is -5.26. The molecule has 1 aromatic heterocycles. The number of rotatable bonds is 13. The van der Waals surface area contributed by atoms with Gasteiger partial charge in [0, 0.05) is 43.4 Å². The lowest BCUT2D eigenvalue weighted by Gasteiger charge is -2.61. The van der Waals surface area contributed by atoms with Gasteiger partial charge in [0.2, 0.25) is 0 Å². The zero-order valence-corrected chi connectivity index (χ0v) is 31.8. The van der Waals surface area contributed by atoms with Gasteiger partial charge in [-0.25, -0.2) is 4.79 Å². The van der Waals surface area contributed by atoms with Crippen LogP contribution in [0.15, 0.2) is 35.2 Å². The van der Waals surface area contributed by atoms with E-state index in [1.165, 1.54) is 33.3 Å². The van der Waals surface area contributed by atoms with Gasteiger partial charge in [-0.15, -0.1) is 0 Å².